The van der Waals surface area contributed by atoms with Gasteiger partial charge in [0.1, 0.15) is 11.4 Å². The molecule has 1 aliphatic rings. The number of rotatable bonds is 8. The van der Waals surface area contributed by atoms with Gasteiger partial charge in [-0.25, -0.2) is 4.79 Å². The Hall–Kier alpha value is -2.88. The highest BCUT2D eigenvalue weighted by Gasteiger charge is 2.27. The van der Waals surface area contributed by atoms with Gasteiger partial charge in [0.2, 0.25) is 5.91 Å². The third-order valence-electron chi connectivity index (χ3n) is 5.45. The number of methoxy groups -OCH3 is 1. The van der Waals surface area contributed by atoms with E-state index >= 15 is 0 Å². The van der Waals surface area contributed by atoms with Gasteiger partial charge in [-0.05, 0) is 72.0 Å². The summed E-state index contributed by atoms with van der Waals surface area (Å²) in [5.41, 5.74) is -0.350. The second-order valence-corrected chi connectivity index (χ2v) is 9.00. The molecule has 0 saturated carbocycles. The molecule has 1 heterocycles. The van der Waals surface area contributed by atoms with Crippen molar-refractivity contribution in [3.05, 3.63) is 28.3 Å². The van der Waals surface area contributed by atoms with Crippen LogP contribution in [-0.4, -0.2) is 60.2 Å². The van der Waals surface area contributed by atoms with Gasteiger partial charge in [-0.1, -0.05) is 0 Å². The first-order valence-corrected chi connectivity index (χ1v) is 10.8. The van der Waals surface area contributed by atoms with E-state index in [0.29, 0.717) is 18.2 Å². The maximum atomic E-state index is 12.8. The van der Waals surface area contributed by atoms with Crippen LogP contribution in [0.2, 0.25) is 0 Å². The summed E-state index contributed by atoms with van der Waals surface area (Å²) in [6.45, 7) is 9.39. The number of nitro benzene ring substituents is 1. The summed E-state index contributed by atoms with van der Waals surface area (Å²) in [6.07, 6.45) is 2.30. The van der Waals surface area contributed by atoms with Crippen LogP contribution >= 0.6 is 0 Å². The zero-order valence-electron chi connectivity index (χ0n) is 19.5. The lowest BCUT2D eigenvalue weighted by molar-refractivity contribution is -0.384. The number of benzene rings is 1. The van der Waals surface area contributed by atoms with Crippen LogP contribution < -0.4 is 15.4 Å². The Morgan fingerprint density at radius 2 is 1.94 bits per heavy atom. The van der Waals surface area contributed by atoms with E-state index in [2.05, 4.69) is 15.5 Å². The highest BCUT2D eigenvalue weighted by Crippen LogP contribution is 2.29. The van der Waals surface area contributed by atoms with Gasteiger partial charge >= 0.3 is 6.09 Å². The Morgan fingerprint density at radius 3 is 2.50 bits per heavy atom. The normalized spacial score (nSPS) is 16.2. The van der Waals surface area contributed by atoms with Gasteiger partial charge in [-0.15, -0.1) is 0 Å². The van der Waals surface area contributed by atoms with E-state index in [1.165, 1.54) is 25.3 Å². The van der Waals surface area contributed by atoms with Crippen molar-refractivity contribution in [2.75, 3.05) is 32.1 Å². The number of carbonyl (C=O) groups is 2. The van der Waals surface area contributed by atoms with Crippen LogP contribution in [0.3, 0.4) is 0 Å². The molecule has 0 radical (unpaired) electrons. The molecule has 1 fully saturated rings. The second kappa shape index (κ2) is 11.1. The van der Waals surface area contributed by atoms with Gasteiger partial charge in [0.05, 0.1) is 23.8 Å². The van der Waals surface area contributed by atoms with Crippen LogP contribution in [0, 0.1) is 16.0 Å². The molecule has 2 amide bonds. The molecule has 178 valence electrons. The number of piperidine rings is 1. The van der Waals surface area contributed by atoms with Gasteiger partial charge in [0, 0.05) is 18.7 Å². The molecule has 1 unspecified atom stereocenters. The summed E-state index contributed by atoms with van der Waals surface area (Å²) in [4.78, 5) is 37.1. The number of amides is 2. The molecular formula is C22H34N4O6. The minimum atomic E-state index is -0.513. The zero-order valence-corrected chi connectivity index (χ0v) is 19.5. The Balaban J connectivity index is 1.81. The summed E-state index contributed by atoms with van der Waals surface area (Å²) < 4.78 is 10.5. The number of nitrogens with zero attached hydrogens (tertiary/aromatic N) is 2. The lowest BCUT2D eigenvalue weighted by atomic mass is 9.92. The second-order valence-electron chi connectivity index (χ2n) is 9.00. The number of alkyl carbamates (subject to hydrolysis) is 1. The average Bonchev–Trinajstić information content (AvgIpc) is 2.72. The zero-order chi connectivity index (χ0) is 23.9. The molecule has 0 spiro atoms. The smallest absolute Gasteiger partial charge is 0.407 e. The number of hydrogen-bond acceptors (Lipinski definition) is 7. The molecule has 1 aromatic carbocycles. The minimum absolute atomic E-state index is 0.116. The van der Waals surface area contributed by atoms with Crippen molar-refractivity contribution in [2.45, 2.75) is 58.6 Å². The number of nitrogens with one attached hydrogen (secondary N) is 2. The van der Waals surface area contributed by atoms with Crippen molar-refractivity contribution >= 4 is 23.4 Å². The van der Waals surface area contributed by atoms with E-state index < -0.39 is 16.6 Å². The van der Waals surface area contributed by atoms with Gasteiger partial charge in [-0.3, -0.25) is 19.8 Å². The molecule has 10 nitrogen and oxygen atoms in total. The molecule has 1 aliphatic heterocycles. The van der Waals surface area contributed by atoms with Crippen LogP contribution in [0.25, 0.3) is 0 Å². The summed E-state index contributed by atoms with van der Waals surface area (Å²) in [5.74, 6) is 0.592. The molecule has 1 saturated heterocycles. The molecule has 2 N–H and O–H groups in total. The third kappa shape index (κ3) is 7.67. The first kappa shape index (κ1) is 25.4. The van der Waals surface area contributed by atoms with E-state index in [-0.39, 0.29) is 23.3 Å². The number of ether oxygens (including phenoxy) is 2. The van der Waals surface area contributed by atoms with Crippen LogP contribution in [0.1, 0.15) is 47.0 Å². The van der Waals surface area contributed by atoms with E-state index in [1.807, 2.05) is 27.7 Å². The number of likely N-dealkylation sites (tertiary alicyclic amines) is 1. The topological polar surface area (TPSA) is 123 Å². The van der Waals surface area contributed by atoms with Crippen molar-refractivity contribution in [3.63, 3.8) is 0 Å². The molecule has 0 aromatic heterocycles. The average molecular weight is 451 g/mol. The lowest BCUT2D eigenvalue weighted by Crippen LogP contribution is -2.46. The molecule has 2 rings (SSSR count). The highest BCUT2D eigenvalue weighted by atomic mass is 16.6. The Bertz CT molecular complexity index is 815. The molecule has 0 bridgehead atoms. The largest absolute Gasteiger partial charge is 0.495 e. The van der Waals surface area contributed by atoms with Crippen molar-refractivity contribution < 1.29 is 24.0 Å². The van der Waals surface area contributed by atoms with Crippen molar-refractivity contribution in [2.24, 2.45) is 5.92 Å². The maximum Gasteiger partial charge on any atom is 0.407 e. The number of anilines is 1. The Kier molecular flexibility index (Phi) is 8.82. The summed E-state index contributed by atoms with van der Waals surface area (Å²) in [7, 11) is 1.45. The predicted octanol–water partition coefficient (Wildman–Crippen LogP) is 3.56. The van der Waals surface area contributed by atoms with Gasteiger partial charge in [-0.2, -0.15) is 0 Å². The van der Waals surface area contributed by atoms with E-state index in [0.717, 1.165) is 32.4 Å². The number of non-ortho nitro benzene ring substituents is 1. The Morgan fingerprint density at radius 1 is 1.28 bits per heavy atom. The Labute approximate surface area is 188 Å². The fourth-order valence-electron chi connectivity index (χ4n) is 3.63. The quantitative estimate of drug-likeness (QED) is 0.458. The van der Waals surface area contributed by atoms with E-state index in [4.69, 9.17) is 9.47 Å². The van der Waals surface area contributed by atoms with Crippen molar-refractivity contribution in [1.82, 2.24) is 10.2 Å². The van der Waals surface area contributed by atoms with E-state index in [1.54, 1.807) is 0 Å². The number of carbonyl (C=O) groups excluding carboxylic acids is 2. The summed E-state index contributed by atoms with van der Waals surface area (Å²) in [6, 6.07) is 3.71. The van der Waals surface area contributed by atoms with Crippen LogP contribution in [0.15, 0.2) is 18.2 Å². The van der Waals surface area contributed by atoms with Crippen molar-refractivity contribution in [3.8, 4) is 5.75 Å². The summed E-state index contributed by atoms with van der Waals surface area (Å²) in [5, 5.41) is 16.6. The van der Waals surface area contributed by atoms with Gasteiger partial charge in [0.15, 0.2) is 0 Å². The first-order chi connectivity index (χ1) is 15.0. The monoisotopic (exact) mass is 450 g/mol. The van der Waals surface area contributed by atoms with Crippen molar-refractivity contribution in [1.29, 1.82) is 0 Å². The maximum absolute atomic E-state index is 12.8. The number of hydrogen-bond donors (Lipinski definition) is 2. The van der Waals surface area contributed by atoms with E-state index in [9.17, 15) is 19.7 Å². The predicted molar refractivity (Wildman–Crippen MR) is 121 cm³/mol. The van der Waals surface area contributed by atoms with Crippen LogP contribution in [0.4, 0.5) is 16.2 Å². The molecular weight excluding hydrogens is 416 g/mol. The standard InChI is InChI=1S/C22H34N4O6/c1-15(20(27)24-18-14-17(26(29)30)6-7-19(18)31-5)25-12-9-16(10-13-25)8-11-23-21(28)32-22(2,3)4/h6-7,14-16H,8-13H2,1-5H3,(H,23,28)(H,24,27). The lowest BCUT2D eigenvalue weighted by Gasteiger charge is -2.35. The minimum Gasteiger partial charge on any atom is -0.495 e. The molecule has 0 aliphatic carbocycles. The molecule has 32 heavy (non-hydrogen) atoms. The molecule has 1 atom stereocenters. The van der Waals surface area contributed by atoms with Gasteiger partial charge in [0.25, 0.3) is 5.69 Å². The third-order valence-corrected chi connectivity index (χ3v) is 5.45. The molecule has 1 aromatic rings. The van der Waals surface area contributed by atoms with Crippen LogP contribution in [0.5, 0.6) is 5.75 Å². The fraction of sp³-hybridized carbons (Fsp3) is 0.636. The van der Waals surface area contributed by atoms with Crippen LogP contribution in [-0.2, 0) is 9.53 Å². The molecule has 10 heteroatoms. The fourth-order valence-corrected chi connectivity index (χ4v) is 3.63. The van der Waals surface area contributed by atoms with Gasteiger partial charge < -0.3 is 20.1 Å². The summed E-state index contributed by atoms with van der Waals surface area (Å²) >= 11 is 0. The number of nitro groups is 1. The highest BCUT2D eigenvalue weighted by molar-refractivity contribution is 5.96. The first-order valence-electron chi connectivity index (χ1n) is 10.8. The SMILES string of the molecule is COc1ccc([N+](=O)[O-])cc1NC(=O)C(C)N1CCC(CCNC(=O)OC(C)(C)C)CC1.